The highest BCUT2D eigenvalue weighted by Gasteiger charge is 2.19. The van der Waals surface area contributed by atoms with E-state index >= 15 is 0 Å². The lowest BCUT2D eigenvalue weighted by atomic mass is 10.1. The normalized spacial score (nSPS) is 13.2. The van der Waals surface area contributed by atoms with Crippen molar-refractivity contribution < 1.29 is 9.53 Å². The van der Waals surface area contributed by atoms with Gasteiger partial charge in [0.2, 0.25) is 0 Å². The third-order valence-corrected chi connectivity index (χ3v) is 2.72. The van der Waals surface area contributed by atoms with Gasteiger partial charge in [0.1, 0.15) is 5.60 Å². The van der Waals surface area contributed by atoms with E-state index in [1.54, 1.807) is 11.9 Å². The summed E-state index contributed by atoms with van der Waals surface area (Å²) in [6.07, 6.45) is 3.25. The van der Waals surface area contributed by atoms with Gasteiger partial charge in [-0.2, -0.15) is 0 Å². The molecule has 0 radical (unpaired) electrons. The first-order valence-electron chi connectivity index (χ1n) is 6.97. The van der Waals surface area contributed by atoms with Gasteiger partial charge in [0.05, 0.1) is 0 Å². The molecular weight excluding hydrogens is 228 g/mol. The second kappa shape index (κ2) is 8.35. The number of nitrogens with zero attached hydrogens (tertiary/aromatic N) is 1. The molecule has 0 aliphatic carbocycles. The fraction of sp³-hybridized carbons (Fsp3) is 0.929. The second-order valence-electron chi connectivity index (χ2n) is 5.75. The van der Waals surface area contributed by atoms with Gasteiger partial charge in [-0.05, 0) is 33.6 Å². The van der Waals surface area contributed by atoms with Gasteiger partial charge in [-0.15, -0.1) is 0 Å². The van der Waals surface area contributed by atoms with Crippen LogP contribution in [-0.4, -0.2) is 42.8 Å². The Hall–Kier alpha value is -0.770. The van der Waals surface area contributed by atoms with Crippen molar-refractivity contribution in [3.63, 3.8) is 0 Å². The molecule has 1 N–H and O–H groups in total. The Morgan fingerprint density at radius 3 is 2.39 bits per heavy atom. The van der Waals surface area contributed by atoms with Crippen LogP contribution in [0.15, 0.2) is 0 Å². The van der Waals surface area contributed by atoms with Crippen LogP contribution in [0.2, 0.25) is 0 Å². The lowest BCUT2D eigenvalue weighted by Crippen LogP contribution is -2.40. The van der Waals surface area contributed by atoms with E-state index in [2.05, 4.69) is 19.2 Å². The fourth-order valence-electron chi connectivity index (χ4n) is 1.67. The van der Waals surface area contributed by atoms with Crippen LogP contribution in [0.1, 0.15) is 53.9 Å². The number of carbonyl (C=O) groups excluding carboxylic acids is 1. The first-order valence-corrected chi connectivity index (χ1v) is 6.97. The summed E-state index contributed by atoms with van der Waals surface area (Å²) < 4.78 is 5.29. The maximum absolute atomic E-state index is 11.7. The Bertz CT molecular complexity index is 236. The number of amides is 1. The molecule has 0 aromatic carbocycles. The average molecular weight is 258 g/mol. The van der Waals surface area contributed by atoms with Crippen LogP contribution in [-0.2, 0) is 4.74 Å². The van der Waals surface area contributed by atoms with Crippen LogP contribution in [0.5, 0.6) is 0 Å². The van der Waals surface area contributed by atoms with Crippen LogP contribution in [0, 0.1) is 0 Å². The molecule has 4 heteroatoms. The second-order valence-corrected chi connectivity index (χ2v) is 5.75. The number of hydrogen-bond acceptors (Lipinski definition) is 3. The minimum Gasteiger partial charge on any atom is -0.444 e. The summed E-state index contributed by atoms with van der Waals surface area (Å²) in [5.74, 6) is 0. The maximum atomic E-state index is 11.7. The van der Waals surface area contributed by atoms with E-state index in [4.69, 9.17) is 4.74 Å². The van der Waals surface area contributed by atoms with Gasteiger partial charge in [0.25, 0.3) is 0 Å². The molecular formula is C14H30N2O2. The summed E-state index contributed by atoms with van der Waals surface area (Å²) in [4.78, 5) is 13.3. The van der Waals surface area contributed by atoms with Crippen molar-refractivity contribution in [1.29, 1.82) is 0 Å². The minimum atomic E-state index is -0.424. The molecule has 0 saturated carbocycles. The van der Waals surface area contributed by atoms with Gasteiger partial charge in [0, 0.05) is 26.2 Å². The molecule has 0 spiro atoms. The summed E-state index contributed by atoms with van der Waals surface area (Å²) in [7, 11) is 1.77. The summed E-state index contributed by atoms with van der Waals surface area (Å²) in [5.41, 5.74) is -0.424. The first kappa shape index (κ1) is 17.2. The van der Waals surface area contributed by atoms with E-state index < -0.39 is 5.60 Å². The highest BCUT2D eigenvalue weighted by Crippen LogP contribution is 2.08. The largest absolute Gasteiger partial charge is 0.444 e. The van der Waals surface area contributed by atoms with Gasteiger partial charge in [-0.3, -0.25) is 0 Å². The topological polar surface area (TPSA) is 41.6 Å². The van der Waals surface area contributed by atoms with Crippen LogP contribution < -0.4 is 5.32 Å². The third kappa shape index (κ3) is 8.34. The van der Waals surface area contributed by atoms with Crippen molar-refractivity contribution in [3.05, 3.63) is 0 Å². The molecule has 1 amide bonds. The van der Waals surface area contributed by atoms with Crippen molar-refractivity contribution in [2.75, 3.05) is 20.1 Å². The lowest BCUT2D eigenvalue weighted by Gasteiger charge is -2.25. The van der Waals surface area contributed by atoms with E-state index in [1.807, 2.05) is 20.8 Å². The summed E-state index contributed by atoms with van der Waals surface area (Å²) in [6.45, 7) is 11.5. The van der Waals surface area contributed by atoms with Gasteiger partial charge < -0.3 is 15.0 Å². The minimum absolute atomic E-state index is 0.257. The number of nitrogens with one attached hydrogen (secondary N) is 1. The van der Waals surface area contributed by atoms with Crippen molar-refractivity contribution in [3.8, 4) is 0 Å². The summed E-state index contributed by atoms with van der Waals surface area (Å²) in [5, 5.41) is 3.47. The Balaban J connectivity index is 3.88. The monoisotopic (exact) mass is 258 g/mol. The molecule has 0 fully saturated rings. The van der Waals surface area contributed by atoms with Gasteiger partial charge in [-0.1, -0.05) is 20.3 Å². The van der Waals surface area contributed by atoms with E-state index in [0.29, 0.717) is 12.6 Å². The fourth-order valence-corrected chi connectivity index (χ4v) is 1.67. The molecule has 0 aromatic heterocycles. The Morgan fingerprint density at radius 2 is 1.94 bits per heavy atom. The van der Waals surface area contributed by atoms with Crippen LogP contribution in [0.4, 0.5) is 4.79 Å². The van der Waals surface area contributed by atoms with Crippen molar-refractivity contribution in [2.24, 2.45) is 0 Å². The molecule has 0 bridgehead atoms. The lowest BCUT2D eigenvalue weighted by molar-refractivity contribution is 0.0299. The standard InChI is InChI=1S/C14H30N2O2/c1-7-9-12(8-2)15-10-11-16(6)13(17)18-14(3,4)5/h12,15H,7-11H2,1-6H3. The molecule has 0 rings (SSSR count). The van der Waals surface area contributed by atoms with Crippen LogP contribution >= 0.6 is 0 Å². The Morgan fingerprint density at radius 1 is 1.33 bits per heavy atom. The van der Waals surface area contributed by atoms with Crippen LogP contribution in [0.25, 0.3) is 0 Å². The van der Waals surface area contributed by atoms with E-state index in [1.165, 1.54) is 12.8 Å². The molecule has 0 heterocycles. The molecule has 4 nitrogen and oxygen atoms in total. The molecule has 1 unspecified atom stereocenters. The summed E-state index contributed by atoms with van der Waals surface area (Å²) in [6, 6.07) is 0.557. The smallest absolute Gasteiger partial charge is 0.410 e. The third-order valence-electron chi connectivity index (χ3n) is 2.72. The number of likely N-dealkylation sites (N-methyl/N-ethyl adjacent to an activating group) is 1. The number of ether oxygens (including phenoxy) is 1. The van der Waals surface area contributed by atoms with Gasteiger partial charge in [0.15, 0.2) is 0 Å². The van der Waals surface area contributed by atoms with Crippen molar-refractivity contribution >= 4 is 6.09 Å². The predicted octanol–water partition coefficient (Wildman–Crippen LogP) is 3.02. The zero-order valence-corrected chi connectivity index (χ0v) is 12.9. The van der Waals surface area contributed by atoms with Gasteiger partial charge >= 0.3 is 6.09 Å². The average Bonchev–Trinajstić information content (AvgIpc) is 2.25. The molecule has 1 atom stereocenters. The van der Waals surface area contributed by atoms with Crippen molar-refractivity contribution in [2.45, 2.75) is 65.5 Å². The molecule has 0 saturated heterocycles. The van der Waals surface area contributed by atoms with E-state index in [-0.39, 0.29) is 6.09 Å². The Kier molecular flexibility index (Phi) is 8.00. The van der Waals surface area contributed by atoms with E-state index in [0.717, 1.165) is 13.0 Å². The maximum Gasteiger partial charge on any atom is 0.410 e. The molecule has 0 aliphatic heterocycles. The van der Waals surface area contributed by atoms with E-state index in [9.17, 15) is 4.79 Å². The quantitative estimate of drug-likeness (QED) is 0.763. The zero-order valence-electron chi connectivity index (χ0n) is 12.9. The number of rotatable bonds is 7. The molecule has 0 aliphatic rings. The Labute approximate surface area is 112 Å². The highest BCUT2D eigenvalue weighted by atomic mass is 16.6. The van der Waals surface area contributed by atoms with Crippen LogP contribution in [0.3, 0.4) is 0 Å². The molecule has 0 aromatic rings. The van der Waals surface area contributed by atoms with Crippen molar-refractivity contribution in [1.82, 2.24) is 10.2 Å². The SMILES string of the molecule is CCCC(CC)NCCN(C)C(=O)OC(C)(C)C. The zero-order chi connectivity index (χ0) is 14.2. The molecule has 18 heavy (non-hydrogen) atoms. The van der Waals surface area contributed by atoms with Gasteiger partial charge in [-0.25, -0.2) is 4.79 Å². The number of hydrogen-bond donors (Lipinski definition) is 1. The number of carbonyl (C=O) groups is 1. The summed E-state index contributed by atoms with van der Waals surface area (Å²) >= 11 is 0. The first-order chi connectivity index (χ1) is 8.30. The highest BCUT2D eigenvalue weighted by molar-refractivity contribution is 5.67. The molecule has 108 valence electrons. The predicted molar refractivity (Wildman–Crippen MR) is 75.9 cm³/mol.